The quantitative estimate of drug-likeness (QED) is 0.122. The first-order chi connectivity index (χ1) is 45.6. The molecule has 92 heavy (non-hydrogen) atoms. The Morgan fingerprint density at radius 1 is 0.207 bits per heavy atom. The first kappa shape index (κ1) is 54.1. The van der Waals surface area contributed by atoms with Gasteiger partial charge < -0.3 is 0 Å². The molecule has 2 heterocycles. The summed E-state index contributed by atoms with van der Waals surface area (Å²) in [6.07, 6.45) is 0. The Labute approximate surface area is 535 Å². The Hall–Kier alpha value is -12.1. The second kappa shape index (κ2) is 22.8. The summed E-state index contributed by atoms with van der Waals surface area (Å²) in [7, 11) is 0. The van der Waals surface area contributed by atoms with Gasteiger partial charge in [0.1, 0.15) is 0 Å². The first-order valence-electron chi connectivity index (χ1n) is 31.5. The molecule has 4 nitrogen and oxygen atoms in total. The maximum Gasteiger partial charge on any atom is 0.238 e. The van der Waals surface area contributed by atoms with Gasteiger partial charge in [-0.1, -0.05) is 273 Å². The highest BCUT2D eigenvalue weighted by Gasteiger charge is 2.46. The maximum absolute atomic E-state index is 5.80. The van der Waals surface area contributed by atoms with Gasteiger partial charge >= 0.3 is 0 Å². The van der Waals surface area contributed by atoms with Crippen molar-refractivity contribution in [3.05, 3.63) is 374 Å². The van der Waals surface area contributed by atoms with Crippen LogP contribution in [0.2, 0.25) is 0 Å². The topological polar surface area (TPSA) is 43.6 Å². The molecule has 0 N–H and O–H groups in total. The van der Waals surface area contributed by atoms with Crippen LogP contribution in [-0.4, -0.2) is 19.5 Å². The summed E-state index contributed by atoms with van der Waals surface area (Å²) >= 11 is 0. The third kappa shape index (κ3) is 9.52. The summed E-state index contributed by atoms with van der Waals surface area (Å²) in [4.78, 5) is 17.3. The van der Waals surface area contributed by atoms with E-state index in [0.717, 1.165) is 111 Å². The molecule has 14 aromatic carbocycles. The predicted octanol–water partition coefficient (Wildman–Crippen LogP) is 22.3. The van der Waals surface area contributed by atoms with E-state index in [9.17, 15) is 0 Å². The van der Waals surface area contributed by atoms with E-state index in [1.165, 1.54) is 33.4 Å². The minimum absolute atomic E-state index is 0.508. The molecule has 0 fully saturated rings. The SMILES string of the molecule is c1ccc(-c2cc(-c3ccccc3)cc(-c3ccc4c(c3)c3cc5c(cc3n4-c3nc(-c4cc(-c6ccccc6)cc(-c6ccccc6)c4)nc(-c4cc(-c6ccccc6)cc(-c6ccccc6)c4)n3)C(c3ccccc3)(c3ccccc3)c3ccccc3-5)c2)cc1. The number of hydrogen-bond acceptors (Lipinski definition) is 3. The van der Waals surface area contributed by atoms with Crippen molar-refractivity contribution >= 4 is 21.8 Å². The Morgan fingerprint density at radius 3 is 0.924 bits per heavy atom. The van der Waals surface area contributed by atoms with Gasteiger partial charge in [0.05, 0.1) is 16.4 Å². The van der Waals surface area contributed by atoms with Gasteiger partial charge in [-0.3, -0.25) is 4.57 Å². The van der Waals surface area contributed by atoms with Crippen molar-refractivity contribution in [1.82, 2.24) is 19.5 Å². The largest absolute Gasteiger partial charge is 0.278 e. The van der Waals surface area contributed by atoms with Crippen LogP contribution in [0.15, 0.2) is 352 Å². The van der Waals surface area contributed by atoms with Gasteiger partial charge in [0.25, 0.3) is 0 Å². The fraction of sp³-hybridized carbons (Fsp3) is 0.0114. The summed E-state index contributed by atoms with van der Waals surface area (Å²) in [6.45, 7) is 0. The molecule has 4 heteroatoms. The van der Waals surface area contributed by atoms with E-state index < -0.39 is 5.41 Å². The van der Waals surface area contributed by atoms with E-state index in [0.29, 0.717) is 17.6 Å². The zero-order valence-electron chi connectivity index (χ0n) is 50.3. The van der Waals surface area contributed by atoms with Crippen molar-refractivity contribution in [2.75, 3.05) is 0 Å². The van der Waals surface area contributed by atoms with Crippen molar-refractivity contribution in [1.29, 1.82) is 0 Å². The number of nitrogens with zero attached hydrogens (tertiary/aromatic N) is 4. The fourth-order valence-corrected chi connectivity index (χ4v) is 14.2. The molecular formula is C88H58N4. The molecule has 0 bridgehead atoms. The third-order valence-corrected chi connectivity index (χ3v) is 18.5. The van der Waals surface area contributed by atoms with Crippen molar-refractivity contribution in [2.24, 2.45) is 0 Å². The summed E-state index contributed by atoms with van der Waals surface area (Å²) < 4.78 is 2.32. The number of hydrogen-bond donors (Lipinski definition) is 0. The maximum atomic E-state index is 5.80. The number of rotatable bonds is 12. The van der Waals surface area contributed by atoms with Crippen LogP contribution in [0.25, 0.3) is 140 Å². The number of fused-ring (bicyclic) bond motifs is 6. The monoisotopic (exact) mass is 1170 g/mol. The highest BCUT2D eigenvalue weighted by atomic mass is 15.2. The van der Waals surface area contributed by atoms with Gasteiger partial charge in [-0.15, -0.1) is 0 Å². The molecule has 0 amide bonds. The van der Waals surface area contributed by atoms with Crippen molar-refractivity contribution in [2.45, 2.75) is 5.41 Å². The van der Waals surface area contributed by atoms with E-state index in [1.807, 2.05) is 0 Å². The van der Waals surface area contributed by atoms with Gasteiger partial charge in [-0.2, -0.15) is 9.97 Å². The van der Waals surface area contributed by atoms with Gasteiger partial charge in [-0.05, 0) is 190 Å². The lowest BCUT2D eigenvalue weighted by Crippen LogP contribution is -2.28. The average molecular weight is 1170 g/mol. The smallest absolute Gasteiger partial charge is 0.238 e. The summed E-state index contributed by atoms with van der Waals surface area (Å²) in [5.41, 5.74) is 25.8. The van der Waals surface area contributed by atoms with E-state index >= 15 is 0 Å². The van der Waals surface area contributed by atoms with Gasteiger partial charge in [0.15, 0.2) is 11.6 Å². The molecule has 0 spiro atoms. The predicted molar refractivity (Wildman–Crippen MR) is 380 cm³/mol. The molecule has 1 aliphatic carbocycles. The molecule has 430 valence electrons. The van der Waals surface area contributed by atoms with Crippen LogP contribution in [0.5, 0.6) is 0 Å². The molecule has 0 aliphatic heterocycles. The van der Waals surface area contributed by atoms with Gasteiger partial charge in [0, 0.05) is 21.9 Å². The molecule has 0 atom stereocenters. The van der Waals surface area contributed by atoms with Crippen molar-refractivity contribution in [3.63, 3.8) is 0 Å². The molecule has 16 aromatic rings. The lowest BCUT2D eigenvalue weighted by atomic mass is 9.67. The molecule has 2 aromatic heterocycles. The Kier molecular flexibility index (Phi) is 13.4. The summed E-state index contributed by atoms with van der Waals surface area (Å²) in [5.74, 6) is 1.62. The molecule has 0 saturated carbocycles. The van der Waals surface area contributed by atoms with E-state index in [-0.39, 0.29) is 0 Å². The molecule has 0 saturated heterocycles. The zero-order valence-corrected chi connectivity index (χ0v) is 50.3. The van der Waals surface area contributed by atoms with Crippen molar-refractivity contribution in [3.8, 4) is 118 Å². The minimum Gasteiger partial charge on any atom is -0.278 e. The number of benzene rings is 14. The fourth-order valence-electron chi connectivity index (χ4n) is 14.2. The molecule has 17 rings (SSSR count). The number of aromatic nitrogens is 4. The van der Waals surface area contributed by atoms with E-state index in [1.54, 1.807) is 0 Å². The van der Waals surface area contributed by atoms with E-state index in [2.05, 4.69) is 356 Å². The van der Waals surface area contributed by atoms with Crippen LogP contribution >= 0.6 is 0 Å². The molecular weight excluding hydrogens is 1110 g/mol. The molecule has 0 radical (unpaired) electrons. The normalized spacial score (nSPS) is 12.2. The average Bonchev–Trinajstić information content (AvgIpc) is 1.52. The standard InChI is InChI=1S/C88H58N4/c1-9-27-59(28-10-1)66-47-67(60-29-11-2-12-30-60)51-72(50-66)65-45-46-83-79(56-65)80-57-78-77-43-25-26-44-81(77)88(75-39-21-7-22-40-75,76-41-23-8-24-42-76)82(78)58-84(80)92(83)87-90-85(73-52-68(61-31-13-3-14-32-61)48-69(53-73)62-33-15-4-16-34-62)89-86(91-87)74-54-70(63-35-17-5-18-36-63)49-71(55-74)64-37-19-6-20-38-64/h1-58H. The van der Waals surface area contributed by atoms with Crippen LogP contribution in [0, 0.1) is 0 Å². The summed E-state index contributed by atoms with van der Waals surface area (Å²) in [5, 5.41) is 2.17. The third-order valence-electron chi connectivity index (χ3n) is 18.5. The van der Waals surface area contributed by atoms with Crippen molar-refractivity contribution < 1.29 is 0 Å². The highest BCUT2D eigenvalue weighted by molar-refractivity contribution is 6.13. The van der Waals surface area contributed by atoms with Crippen LogP contribution in [-0.2, 0) is 5.41 Å². The zero-order chi connectivity index (χ0) is 61.0. The van der Waals surface area contributed by atoms with Crippen LogP contribution in [0.4, 0.5) is 0 Å². The highest BCUT2D eigenvalue weighted by Crippen LogP contribution is 2.58. The van der Waals surface area contributed by atoms with Gasteiger partial charge in [-0.25, -0.2) is 4.98 Å². The van der Waals surface area contributed by atoms with E-state index in [4.69, 9.17) is 15.0 Å². The summed E-state index contributed by atoms with van der Waals surface area (Å²) in [6, 6.07) is 127. The van der Waals surface area contributed by atoms with Crippen LogP contribution < -0.4 is 0 Å². The lowest BCUT2D eigenvalue weighted by Gasteiger charge is -2.34. The minimum atomic E-state index is -0.673. The molecule has 1 aliphatic rings. The Balaban J connectivity index is 0.986. The van der Waals surface area contributed by atoms with Crippen LogP contribution in [0.1, 0.15) is 22.3 Å². The Bertz CT molecular complexity index is 5040. The second-order valence-electron chi connectivity index (χ2n) is 23.9. The molecule has 0 unspecified atom stereocenters. The Morgan fingerprint density at radius 2 is 0.533 bits per heavy atom. The lowest BCUT2D eigenvalue weighted by molar-refractivity contribution is 0.769. The first-order valence-corrected chi connectivity index (χ1v) is 31.5. The van der Waals surface area contributed by atoms with Crippen LogP contribution in [0.3, 0.4) is 0 Å². The second-order valence-corrected chi connectivity index (χ2v) is 23.9. The van der Waals surface area contributed by atoms with Gasteiger partial charge in [0.2, 0.25) is 5.95 Å².